The fourth-order valence-electron chi connectivity index (χ4n) is 2.70. The first-order valence-electron chi connectivity index (χ1n) is 7.04. The third-order valence-corrected chi connectivity index (χ3v) is 5.51. The maximum Gasteiger partial charge on any atom is 0.194 e. The van der Waals surface area contributed by atoms with Gasteiger partial charge in [-0.05, 0) is 42.5 Å². The number of carbonyl (C=O) groups is 1. The summed E-state index contributed by atoms with van der Waals surface area (Å²) in [5, 5.41) is 3.16. The quantitative estimate of drug-likeness (QED) is 0.370. The molecule has 0 saturated heterocycles. The molecule has 0 aliphatic rings. The Bertz CT molecular complexity index is 1070. The van der Waals surface area contributed by atoms with Crippen molar-refractivity contribution in [1.82, 2.24) is 0 Å². The number of benzene rings is 3. The van der Waals surface area contributed by atoms with Crippen LogP contribution in [0.3, 0.4) is 0 Å². The Balaban J connectivity index is 1.88. The van der Waals surface area contributed by atoms with Gasteiger partial charge < -0.3 is 0 Å². The van der Waals surface area contributed by atoms with E-state index in [9.17, 15) is 4.79 Å². The predicted octanol–water partition coefficient (Wildman–Crippen LogP) is 6.59. The number of rotatable bonds is 2. The molecule has 0 aliphatic heterocycles. The molecule has 0 aliphatic carbocycles. The Morgan fingerprint density at radius 2 is 1.61 bits per heavy atom. The lowest BCUT2D eigenvalue weighted by atomic mass is 10.0. The van der Waals surface area contributed by atoms with E-state index in [1.165, 1.54) is 14.8 Å². The topological polar surface area (TPSA) is 17.1 Å². The van der Waals surface area contributed by atoms with Crippen molar-refractivity contribution in [2.75, 3.05) is 0 Å². The highest BCUT2D eigenvalue weighted by atomic mass is 35.5. The summed E-state index contributed by atoms with van der Waals surface area (Å²) in [6, 6.07) is 19.0. The maximum atomic E-state index is 12.8. The molecule has 112 valence electrons. The minimum Gasteiger partial charge on any atom is -0.289 e. The summed E-state index contributed by atoms with van der Waals surface area (Å²) < 4.78 is 2.39. The molecule has 0 fully saturated rings. The molecule has 0 atom stereocenters. The van der Waals surface area contributed by atoms with E-state index in [0.29, 0.717) is 21.2 Å². The van der Waals surface area contributed by atoms with Gasteiger partial charge in [-0.25, -0.2) is 0 Å². The molecule has 1 nitrogen and oxygen atoms in total. The van der Waals surface area contributed by atoms with Crippen LogP contribution in [0, 0.1) is 0 Å². The van der Waals surface area contributed by atoms with Crippen molar-refractivity contribution in [2.24, 2.45) is 0 Å². The number of ketones is 1. The van der Waals surface area contributed by atoms with E-state index in [1.54, 1.807) is 29.5 Å². The first kappa shape index (κ1) is 14.7. The van der Waals surface area contributed by atoms with Crippen molar-refractivity contribution < 1.29 is 4.79 Å². The van der Waals surface area contributed by atoms with Crippen molar-refractivity contribution in [1.29, 1.82) is 0 Å². The molecular formula is C19H10Cl2OS. The monoisotopic (exact) mass is 356 g/mol. The molecular weight excluding hydrogens is 347 g/mol. The summed E-state index contributed by atoms with van der Waals surface area (Å²) in [7, 11) is 0. The molecule has 0 spiro atoms. The van der Waals surface area contributed by atoms with Gasteiger partial charge in [-0.3, -0.25) is 4.79 Å². The normalized spacial score (nSPS) is 11.2. The van der Waals surface area contributed by atoms with E-state index in [-0.39, 0.29) is 5.78 Å². The van der Waals surface area contributed by atoms with E-state index in [4.69, 9.17) is 23.2 Å². The van der Waals surface area contributed by atoms with Crippen molar-refractivity contribution >= 4 is 60.5 Å². The number of thiophene rings is 1. The number of hydrogen-bond acceptors (Lipinski definition) is 2. The highest BCUT2D eigenvalue weighted by Crippen LogP contribution is 2.34. The highest BCUT2D eigenvalue weighted by molar-refractivity contribution is 7.25. The van der Waals surface area contributed by atoms with Crippen LogP contribution in [-0.4, -0.2) is 5.78 Å². The van der Waals surface area contributed by atoms with Crippen LogP contribution < -0.4 is 0 Å². The molecule has 0 amide bonds. The zero-order chi connectivity index (χ0) is 16.0. The summed E-state index contributed by atoms with van der Waals surface area (Å²) in [5.41, 5.74) is 1.10. The molecule has 1 heterocycles. The van der Waals surface area contributed by atoms with Gasteiger partial charge in [-0.15, -0.1) is 11.3 Å². The smallest absolute Gasteiger partial charge is 0.194 e. The largest absolute Gasteiger partial charge is 0.289 e. The number of carbonyl (C=O) groups excluding carboxylic acids is 1. The SMILES string of the molecule is O=C(c1ccc2sc3ccccc3c2c1)c1ccc(Cl)cc1Cl. The third-order valence-electron chi connectivity index (χ3n) is 3.81. The Labute approximate surface area is 147 Å². The molecule has 3 aromatic carbocycles. The summed E-state index contributed by atoms with van der Waals surface area (Å²) in [6.45, 7) is 0. The average Bonchev–Trinajstić information content (AvgIpc) is 2.92. The van der Waals surface area contributed by atoms with Crippen LogP contribution in [0.2, 0.25) is 10.0 Å². The fraction of sp³-hybridized carbons (Fsp3) is 0. The van der Waals surface area contributed by atoms with Gasteiger partial charge in [0.15, 0.2) is 5.78 Å². The molecule has 1 aromatic heterocycles. The first-order valence-corrected chi connectivity index (χ1v) is 8.62. The Morgan fingerprint density at radius 3 is 2.43 bits per heavy atom. The zero-order valence-corrected chi connectivity index (χ0v) is 14.2. The third kappa shape index (κ3) is 2.53. The molecule has 0 N–H and O–H groups in total. The van der Waals surface area contributed by atoms with Gasteiger partial charge in [0, 0.05) is 36.3 Å². The van der Waals surface area contributed by atoms with Crippen LogP contribution in [0.5, 0.6) is 0 Å². The van der Waals surface area contributed by atoms with Crippen LogP contribution in [-0.2, 0) is 0 Å². The molecule has 0 bridgehead atoms. The summed E-state index contributed by atoms with van der Waals surface area (Å²) in [4.78, 5) is 12.8. The molecule has 4 heteroatoms. The van der Waals surface area contributed by atoms with Crippen LogP contribution in [0.4, 0.5) is 0 Å². The Kier molecular flexibility index (Phi) is 3.61. The minimum atomic E-state index is -0.0937. The highest BCUT2D eigenvalue weighted by Gasteiger charge is 2.15. The first-order chi connectivity index (χ1) is 11.1. The standard InChI is InChI=1S/C19H10Cl2OS/c20-12-6-7-14(16(21)10-12)19(22)11-5-8-18-15(9-11)13-3-1-2-4-17(13)23-18/h1-10H. The Hall–Kier alpha value is -1.87. The summed E-state index contributed by atoms with van der Waals surface area (Å²) in [5.74, 6) is -0.0937. The molecule has 0 radical (unpaired) electrons. The van der Waals surface area contributed by atoms with E-state index >= 15 is 0 Å². The summed E-state index contributed by atoms with van der Waals surface area (Å²) >= 11 is 13.8. The van der Waals surface area contributed by atoms with Gasteiger partial charge in [0.2, 0.25) is 0 Å². The summed E-state index contributed by atoms with van der Waals surface area (Å²) in [6.07, 6.45) is 0. The number of fused-ring (bicyclic) bond motifs is 3. The lowest BCUT2D eigenvalue weighted by molar-refractivity contribution is 0.103. The van der Waals surface area contributed by atoms with Gasteiger partial charge in [-0.1, -0.05) is 41.4 Å². The van der Waals surface area contributed by atoms with Gasteiger partial charge in [-0.2, -0.15) is 0 Å². The molecule has 0 unspecified atom stereocenters. The zero-order valence-electron chi connectivity index (χ0n) is 11.8. The van der Waals surface area contributed by atoms with Gasteiger partial charge >= 0.3 is 0 Å². The predicted molar refractivity (Wildman–Crippen MR) is 99.2 cm³/mol. The fourth-order valence-corrected chi connectivity index (χ4v) is 4.28. The van der Waals surface area contributed by atoms with E-state index in [0.717, 1.165) is 5.39 Å². The lowest BCUT2D eigenvalue weighted by Gasteiger charge is -2.05. The van der Waals surface area contributed by atoms with Crippen LogP contribution in [0.25, 0.3) is 20.2 Å². The molecule has 0 saturated carbocycles. The van der Waals surface area contributed by atoms with E-state index in [1.807, 2.05) is 30.3 Å². The Morgan fingerprint density at radius 1 is 0.826 bits per heavy atom. The van der Waals surface area contributed by atoms with E-state index in [2.05, 4.69) is 12.1 Å². The van der Waals surface area contributed by atoms with Crippen molar-refractivity contribution in [3.63, 3.8) is 0 Å². The minimum absolute atomic E-state index is 0.0937. The van der Waals surface area contributed by atoms with Gasteiger partial charge in [0.1, 0.15) is 0 Å². The number of halogens is 2. The van der Waals surface area contributed by atoms with Crippen molar-refractivity contribution in [2.45, 2.75) is 0 Å². The molecule has 23 heavy (non-hydrogen) atoms. The van der Waals surface area contributed by atoms with Crippen LogP contribution >= 0.6 is 34.5 Å². The molecule has 4 aromatic rings. The lowest BCUT2D eigenvalue weighted by Crippen LogP contribution is -2.01. The van der Waals surface area contributed by atoms with Gasteiger partial charge in [0.25, 0.3) is 0 Å². The van der Waals surface area contributed by atoms with Crippen molar-refractivity contribution in [3.8, 4) is 0 Å². The van der Waals surface area contributed by atoms with Crippen molar-refractivity contribution in [3.05, 3.63) is 81.8 Å². The van der Waals surface area contributed by atoms with Crippen LogP contribution in [0.15, 0.2) is 60.7 Å². The second-order valence-corrected chi connectivity index (χ2v) is 7.19. The second-order valence-electron chi connectivity index (χ2n) is 5.26. The van der Waals surface area contributed by atoms with Gasteiger partial charge in [0.05, 0.1) is 5.02 Å². The van der Waals surface area contributed by atoms with E-state index < -0.39 is 0 Å². The maximum absolute atomic E-state index is 12.8. The van der Waals surface area contributed by atoms with Crippen LogP contribution in [0.1, 0.15) is 15.9 Å². The molecule has 4 rings (SSSR count). The second kappa shape index (κ2) is 5.64. The average molecular weight is 357 g/mol. The number of hydrogen-bond donors (Lipinski definition) is 0.